The topological polar surface area (TPSA) is 47.9 Å². The number of ether oxygens (including phenoxy) is 3. The maximum Gasteiger partial charge on any atom is 0.161 e. The molecule has 3 rings (SSSR count). The van der Waals surface area contributed by atoms with E-state index in [0.29, 0.717) is 23.9 Å². The van der Waals surface area contributed by atoms with Crippen LogP contribution in [0, 0.1) is 0 Å². The average Bonchev–Trinajstić information content (AvgIpc) is 2.67. The van der Waals surface area contributed by atoms with E-state index in [9.17, 15) is 5.11 Å². The Balaban J connectivity index is 1.82. The fourth-order valence-electron chi connectivity index (χ4n) is 2.53. The molecular weight excluding hydrogens is 316 g/mol. The highest BCUT2D eigenvalue weighted by atomic mass is 16.5. The Morgan fingerprint density at radius 1 is 0.760 bits per heavy atom. The van der Waals surface area contributed by atoms with Gasteiger partial charge in [0.2, 0.25) is 0 Å². The summed E-state index contributed by atoms with van der Waals surface area (Å²) < 4.78 is 16.3. The molecule has 0 fully saturated rings. The van der Waals surface area contributed by atoms with Crippen molar-refractivity contribution in [2.24, 2.45) is 0 Å². The van der Waals surface area contributed by atoms with Crippen molar-refractivity contribution >= 4 is 0 Å². The number of rotatable bonds is 6. The van der Waals surface area contributed by atoms with Gasteiger partial charge in [0.05, 0.1) is 14.2 Å². The molecule has 3 aromatic rings. The number of aromatic hydroxyl groups is 1. The standard InChI is InChI=1S/C21H20O4/c1-23-18-10-17(11-19(13-18)24-2)16-8-9-21(20(22)12-16)25-14-15-6-4-3-5-7-15/h3-13,22H,14H2,1-2H3. The van der Waals surface area contributed by atoms with Crippen molar-refractivity contribution in [2.75, 3.05) is 14.2 Å². The summed E-state index contributed by atoms with van der Waals surface area (Å²) in [4.78, 5) is 0. The van der Waals surface area contributed by atoms with Gasteiger partial charge in [-0.3, -0.25) is 0 Å². The molecule has 0 heterocycles. The first-order valence-electron chi connectivity index (χ1n) is 7.93. The lowest BCUT2D eigenvalue weighted by Crippen LogP contribution is -1.95. The molecule has 0 saturated carbocycles. The van der Waals surface area contributed by atoms with Crippen LogP contribution in [0.25, 0.3) is 11.1 Å². The Morgan fingerprint density at radius 2 is 1.44 bits per heavy atom. The molecule has 25 heavy (non-hydrogen) atoms. The third kappa shape index (κ3) is 4.04. The molecule has 0 aromatic heterocycles. The Labute approximate surface area is 147 Å². The van der Waals surface area contributed by atoms with Crippen LogP contribution in [0.3, 0.4) is 0 Å². The number of phenols is 1. The highest BCUT2D eigenvalue weighted by Gasteiger charge is 2.09. The van der Waals surface area contributed by atoms with Gasteiger partial charge in [0.25, 0.3) is 0 Å². The maximum absolute atomic E-state index is 10.3. The fraction of sp³-hybridized carbons (Fsp3) is 0.143. The Kier molecular flexibility index (Phi) is 5.09. The quantitative estimate of drug-likeness (QED) is 0.711. The summed E-state index contributed by atoms with van der Waals surface area (Å²) in [6, 6.07) is 20.8. The molecule has 0 saturated heterocycles. The number of hydrogen-bond acceptors (Lipinski definition) is 4. The molecule has 0 aliphatic rings. The molecule has 4 heteroatoms. The van der Waals surface area contributed by atoms with Crippen LogP contribution in [0.1, 0.15) is 5.56 Å². The molecule has 0 unspecified atom stereocenters. The largest absolute Gasteiger partial charge is 0.504 e. The molecule has 0 atom stereocenters. The molecule has 0 aliphatic carbocycles. The fourth-order valence-corrected chi connectivity index (χ4v) is 2.53. The van der Waals surface area contributed by atoms with Crippen molar-refractivity contribution in [3.63, 3.8) is 0 Å². The molecule has 1 N–H and O–H groups in total. The molecule has 0 radical (unpaired) electrons. The Morgan fingerprint density at radius 3 is 2.04 bits per heavy atom. The first kappa shape index (κ1) is 16.7. The van der Waals surface area contributed by atoms with Crippen LogP contribution in [0.15, 0.2) is 66.7 Å². The molecular formula is C21H20O4. The zero-order chi connectivity index (χ0) is 17.6. The lowest BCUT2D eigenvalue weighted by Gasteiger charge is -2.12. The minimum atomic E-state index is 0.0928. The zero-order valence-electron chi connectivity index (χ0n) is 14.2. The normalized spacial score (nSPS) is 10.3. The van der Waals surface area contributed by atoms with Crippen molar-refractivity contribution in [3.8, 4) is 34.1 Å². The number of hydrogen-bond donors (Lipinski definition) is 1. The summed E-state index contributed by atoms with van der Waals surface area (Å²) in [6.07, 6.45) is 0. The highest BCUT2D eigenvalue weighted by Crippen LogP contribution is 2.35. The van der Waals surface area contributed by atoms with Gasteiger partial charge in [-0.15, -0.1) is 0 Å². The van der Waals surface area contributed by atoms with E-state index in [1.54, 1.807) is 32.4 Å². The van der Waals surface area contributed by atoms with Gasteiger partial charge < -0.3 is 19.3 Å². The molecule has 0 amide bonds. The second-order valence-electron chi connectivity index (χ2n) is 5.56. The Bertz CT molecular complexity index is 822. The van der Waals surface area contributed by atoms with Crippen molar-refractivity contribution in [2.45, 2.75) is 6.61 Å². The van der Waals surface area contributed by atoms with E-state index in [2.05, 4.69) is 0 Å². The zero-order valence-corrected chi connectivity index (χ0v) is 14.2. The number of benzene rings is 3. The van der Waals surface area contributed by atoms with E-state index >= 15 is 0 Å². The van der Waals surface area contributed by atoms with Crippen molar-refractivity contribution < 1.29 is 19.3 Å². The SMILES string of the molecule is COc1cc(OC)cc(-c2ccc(OCc3ccccc3)c(O)c2)c1. The van der Waals surface area contributed by atoms with Gasteiger partial charge in [0, 0.05) is 6.07 Å². The van der Waals surface area contributed by atoms with Crippen LogP contribution in [-0.2, 0) is 6.61 Å². The lowest BCUT2D eigenvalue weighted by molar-refractivity contribution is 0.289. The maximum atomic E-state index is 10.3. The molecule has 128 valence electrons. The minimum absolute atomic E-state index is 0.0928. The summed E-state index contributed by atoms with van der Waals surface area (Å²) in [5, 5.41) is 10.3. The summed E-state index contributed by atoms with van der Waals surface area (Å²) in [7, 11) is 3.22. The van der Waals surface area contributed by atoms with Crippen LogP contribution in [0.5, 0.6) is 23.0 Å². The average molecular weight is 336 g/mol. The van der Waals surface area contributed by atoms with Crippen molar-refractivity contribution in [1.82, 2.24) is 0 Å². The van der Waals surface area contributed by atoms with E-state index in [0.717, 1.165) is 16.7 Å². The van der Waals surface area contributed by atoms with Gasteiger partial charge in [-0.1, -0.05) is 36.4 Å². The van der Waals surface area contributed by atoms with Crippen LogP contribution >= 0.6 is 0 Å². The highest BCUT2D eigenvalue weighted by molar-refractivity contribution is 5.70. The molecule has 3 aromatic carbocycles. The van der Waals surface area contributed by atoms with E-state index in [1.807, 2.05) is 48.5 Å². The summed E-state index contributed by atoms with van der Waals surface area (Å²) in [5.41, 5.74) is 2.78. The Hall–Kier alpha value is -3.14. The van der Waals surface area contributed by atoms with E-state index in [4.69, 9.17) is 14.2 Å². The third-order valence-corrected chi connectivity index (χ3v) is 3.88. The molecule has 0 spiro atoms. The molecule has 0 bridgehead atoms. The van der Waals surface area contributed by atoms with Crippen LogP contribution in [-0.4, -0.2) is 19.3 Å². The minimum Gasteiger partial charge on any atom is -0.504 e. The van der Waals surface area contributed by atoms with E-state index in [-0.39, 0.29) is 5.75 Å². The number of phenolic OH excluding ortho intramolecular Hbond substituents is 1. The molecule has 4 nitrogen and oxygen atoms in total. The first-order chi connectivity index (χ1) is 12.2. The predicted molar refractivity (Wildman–Crippen MR) is 97.4 cm³/mol. The summed E-state index contributed by atoms with van der Waals surface area (Å²) in [5.74, 6) is 1.93. The van der Waals surface area contributed by atoms with Crippen molar-refractivity contribution in [1.29, 1.82) is 0 Å². The van der Waals surface area contributed by atoms with Gasteiger partial charge in [-0.05, 0) is 41.0 Å². The van der Waals surface area contributed by atoms with Crippen LogP contribution < -0.4 is 14.2 Å². The summed E-state index contributed by atoms with van der Waals surface area (Å²) >= 11 is 0. The van der Waals surface area contributed by atoms with Crippen molar-refractivity contribution in [3.05, 3.63) is 72.3 Å². The molecule has 0 aliphatic heterocycles. The van der Waals surface area contributed by atoms with Gasteiger partial charge in [-0.2, -0.15) is 0 Å². The lowest BCUT2D eigenvalue weighted by atomic mass is 10.0. The predicted octanol–water partition coefficient (Wildman–Crippen LogP) is 4.66. The smallest absolute Gasteiger partial charge is 0.161 e. The van der Waals surface area contributed by atoms with Gasteiger partial charge in [0.15, 0.2) is 11.5 Å². The van der Waals surface area contributed by atoms with Gasteiger partial charge in [0.1, 0.15) is 18.1 Å². The third-order valence-electron chi connectivity index (χ3n) is 3.88. The van der Waals surface area contributed by atoms with Crippen LogP contribution in [0.2, 0.25) is 0 Å². The van der Waals surface area contributed by atoms with Gasteiger partial charge >= 0.3 is 0 Å². The number of methoxy groups -OCH3 is 2. The van der Waals surface area contributed by atoms with Crippen LogP contribution in [0.4, 0.5) is 0 Å². The van der Waals surface area contributed by atoms with Gasteiger partial charge in [-0.25, -0.2) is 0 Å². The second kappa shape index (κ2) is 7.62. The summed E-state index contributed by atoms with van der Waals surface area (Å²) in [6.45, 7) is 0.404. The van der Waals surface area contributed by atoms with E-state index in [1.165, 1.54) is 0 Å². The van der Waals surface area contributed by atoms with E-state index < -0.39 is 0 Å². The first-order valence-corrected chi connectivity index (χ1v) is 7.93. The second-order valence-corrected chi connectivity index (χ2v) is 5.56. The monoisotopic (exact) mass is 336 g/mol.